The SMILES string of the molecule is Cc1noc2nc(-c3cccs3)cc(C(=O)Nc3ccc(-n4cnnn4)cc3)c12. The Bertz CT molecular complexity index is 1290. The summed E-state index contributed by atoms with van der Waals surface area (Å²) in [7, 11) is 0. The molecule has 0 spiro atoms. The second-order valence-corrected chi connectivity index (χ2v) is 7.18. The molecule has 1 amide bonds. The van der Waals surface area contributed by atoms with Gasteiger partial charge in [0.15, 0.2) is 0 Å². The molecule has 0 radical (unpaired) electrons. The number of aromatic nitrogens is 6. The summed E-state index contributed by atoms with van der Waals surface area (Å²) in [5.74, 6) is -0.267. The Balaban J connectivity index is 1.50. The number of thiophene rings is 1. The summed E-state index contributed by atoms with van der Waals surface area (Å²) < 4.78 is 6.86. The Kier molecular flexibility index (Phi) is 4.10. The molecule has 0 aliphatic rings. The molecule has 1 N–H and O–H groups in total. The summed E-state index contributed by atoms with van der Waals surface area (Å²) in [4.78, 5) is 18.5. The second-order valence-electron chi connectivity index (χ2n) is 6.24. The molecule has 5 aromatic rings. The van der Waals surface area contributed by atoms with E-state index < -0.39 is 0 Å². The lowest BCUT2D eigenvalue weighted by atomic mass is 10.1. The molecule has 0 saturated carbocycles. The first-order valence-electron chi connectivity index (χ1n) is 8.65. The largest absolute Gasteiger partial charge is 0.335 e. The molecule has 0 aliphatic carbocycles. The molecule has 0 aliphatic heterocycles. The van der Waals surface area contributed by atoms with Gasteiger partial charge in [-0.25, -0.2) is 9.67 Å². The molecule has 1 aromatic carbocycles. The highest BCUT2D eigenvalue weighted by Crippen LogP contribution is 2.30. The summed E-state index contributed by atoms with van der Waals surface area (Å²) in [5.41, 5.74) is 3.51. The van der Waals surface area contributed by atoms with Gasteiger partial charge in [-0.3, -0.25) is 4.79 Å². The minimum atomic E-state index is -0.267. The van der Waals surface area contributed by atoms with Crippen LogP contribution in [0.4, 0.5) is 5.69 Å². The topological polar surface area (TPSA) is 112 Å². The van der Waals surface area contributed by atoms with E-state index in [4.69, 9.17) is 4.52 Å². The molecule has 0 atom stereocenters. The van der Waals surface area contributed by atoms with Gasteiger partial charge in [0, 0.05) is 5.69 Å². The third-order valence-corrected chi connectivity index (χ3v) is 5.27. The third kappa shape index (κ3) is 3.15. The van der Waals surface area contributed by atoms with E-state index in [9.17, 15) is 4.79 Å². The Morgan fingerprint density at radius 3 is 2.79 bits per heavy atom. The maximum Gasteiger partial charge on any atom is 0.259 e. The van der Waals surface area contributed by atoms with Gasteiger partial charge in [-0.05, 0) is 59.1 Å². The van der Waals surface area contributed by atoms with E-state index in [2.05, 4.69) is 31.0 Å². The van der Waals surface area contributed by atoms with E-state index in [1.54, 1.807) is 36.5 Å². The normalized spacial score (nSPS) is 11.1. The lowest BCUT2D eigenvalue weighted by molar-refractivity contribution is 0.102. The zero-order chi connectivity index (χ0) is 19.8. The highest BCUT2D eigenvalue weighted by molar-refractivity contribution is 7.13. The number of anilines is 1. The summed E-state index contributed by atoms with van der Waals surface area (Å²) in [5, 5.41) is 20.5. The molecule has 4 aromatic heterocycles. The fourth-order valence-electron chi connectivity index (χ4n) is 3.00. The molecular formula is C19H13N7O2S. The number of rotatable bonds is 4. The Morgan fingerprint density at radius 1 is 1.21 bits per heavy atom. The molecule has 5 rings (SSSR count). The molecule has 10 heteroatoms. The van der Waals surface area contributed by atoms with Crippen LogP contribution in [-0.2, 0) is 0 Å². The number of nitrogens with zero attached hydrogens (tertiary/aromatic N) is 6. The van der Waals surface area contributed by atoms with Crippen molar-refractivity contribution in [3.05, 3.63) is 65.4 Å². The fraction of sp³-hybridized carbons (Fsp3) is 0.0526. The standard InChI is InChI=1S/C19H13N7O2S/c1-11-17-14(9-15(16-3-2-8-29-16)22-19(17)28-23-11)18(27)21-12-4-6-13(7-5-12)26-10-20-24-25-26/h2-10H,1H3,(H,21,27). The van der Waals surface area contributed by atoms with Gasteiger partial charge in [-0.15, -0.1) is 16.4 Å². The van der Waals surface area contributed by atoms with Crippen LogP contribution in [0, 0.1) is 6.92 Å². The van der Waals surface area contributed by atoms with E-state index in [-0.39, 0.29) is 5.91 Å². The first-order chi connectivity index (χ1) is 14.2. The molecule has 0 fully saturated rings. The van der Waals surface area contributed by atoms with Crippen LogP contribution in [0.3, 0.4) is 0 Å². The molecule has 0 unspecified atom stereocenters. The highest BCUT2D eigenvalue weighted by Gasteiger charge is 2.20. The van der Waals surface area contributed by atoms with Crippen molar-refractivity contribution in [2.45, 2.75) is 6.92 Å². The number of hydrogen-bond acceptors (Lipinski definition) is 8. The summed E-state index contributed by atoms with van der Waals surface area (Å²) in [6.07, 6.45) is 1.50. The Labute approximate surface area is 168 Å². The first kappa shape index (κ1) is 17.2. The number of fused-ring (bicyclic) bond motifs is 1. The van der Waals surface area contributed by atoms with E-state index >= 15 is 0 Å². The van der Waals surface area contributed by atoms with Gasteiger partial charge in [0.2, 0.25) is 0 Å². The van der Waals surface area contributed by atoms with Gasteiger partial charge in [0.25, 0.3) is 11.6 Å². The number of carbonyl (C=O) groups excluding carboxylic acids is 1. The van der Waals surface area contributed by atoms with Crippen LogP contribution in [0.1, 0.15) is 16.1 Å². The summed E-state index contributed by atoms with van der Waals surface area (Å²) in [6, 6.07) is 12.8. The summed E-state index contributed by atoms with van der Waals surface area (Å²) >= 11 is 1.54. The van der Waals surface area contributed by atoms with Crippen LogP contribution in [-0.4, -0.2) is 36.3 Å². The Hall–Kier alpha value is -3.92. The average molecular weight is 403 g/mol. The maximum absolute atomic E-state index is 13.1. The van der Waals surface area contributed by atoms with Crippen molar-refractivity contribution < 1.29 is 9.32 Å². The molecule has 29 heavy (non-hydrogen) atoms. The van der Waals surface area contributed by atoms with E-state index in [0.717, 1.165) is 10.6 Å². The fourth-order valence-corrected chi connectivity index (χ4v) is 3.69. The lowest BCUT2D eigenvalue weighted by Crippen LogP contribution is -2.13. The second kappa shape index (κ2) is 6.91. The number of nitrogens with one attached hydrogen (secondary N) is 1. The zero-order valence-corrected chi connectivity index (χ0v) is 15.9. The molecule has 0 bridgehead atoms. The zero-order valence-electron chi connectivity index (χ0n) is 15.1. The van der Waals surface area contributed by atoms with Crippen LogP contribution in [0.2, 0.25) is 0 Å². The maximum atomic E-state index is 13.1. The van der Waals surface area contributed by atoms with Crippen LogP contribution < -0.4 is 5.32 Å². The van der Waals surface area contributed by atoms with Crippen molar-refractivity contribution in [2.75, 3.05) is 5.32 Å². The molecule has 0 saturated heterocycles. The molecule has 4 heterocycles. The van der Waals surface area contributed by atoms with E-state index in [1.807, 2.05) is 29.6 Å². The number of tetrazole rings is 1. The van der Waals surface area contributed by atoms with E-state index in [0.29, 0.717) is 33.7 Å². The smallest absolute Gasteiger partial charge is 0.259 e. The van der Waals surface area contributed by atoms with Crippen molar-refractivity contribution >= 4 is 34.0 Å². The number of benzene rings is 1. The van der Waals surface area contributed by atoms with Gasteiger partial charge >= 0.3 is 0 Å². The van der Waals surface area contributed by atoms with Gasteiger partial charge < -0.3 is 9.84 Å². The van der Waals surface area contributed by atoms with Crippen LogP contribution in [0.5, 0.6) is 0 Å². The Morgan fingerprint density at radius 2 is 2.07 bits per heavy atom. The van der Waals surface area contributed by atoms with Gasteiger partial charge in [-0.1, -0.05) is 11.2 Å². The monoisotopic (exact) mass is 403 g/mol. The van der Waals surface area contributed by atoms with Crippen molar-refractivity contribution in [1.82, 2.24) is 30.3 Å². The third-order valence-electron chi connectivity index (χ3n) is 4.37. The first-order valence-corrected chi connectivity index (χ1v) is 9.53. The van der Waals surface area contributed by atoms with Crippen molar-refractivity contribution in [2.24, 2.45) is 0 Å². The quantitative estimate of drug-likeness (QED) is 0.489. The number of hydrogen-bond donors (Lipinski definition) is 1. The highest BCUT2D eigenvalue weighted by atomic mass is 32.1. The van der Waals surface area contributed by atoms with Crippen LogP contribution >= 0.6 is 11.3 Å². The van der Waals surface area contributed by atoms with Gasteiger partial charge in [0.1, 0.15) is 6.33 Å². The van der Waals surface area contributed by atoms with Gasteiger partial charge in [-0.2, -0.15) is 0 Å². The van der Waals surface area contributed by atoms with Crippen molar-refractivity contribution in [3.63, 3.8) is 0 Å². The number of amides is 1. The van der Waals surface area contributed by atoms with Crippen molar-refractivity contribution in [3.8, 4) is 16.3 Å². The van der Waals surface area contributed by atoms with Crippen LogP contribution in [0.25, 0.3) is 27.4 Å². The summed E-state index contributed by atoms with van der Waals surface area (Å²) in [6.45, 7) is 1.79. The predicted octanol–water partition coefficient (Wildman–Crippen LogP) is 3.49. The minimum absolute atomic E-state index is 0.267. The van der Waals surface area contributed by atoms with Crippen LogP contribution in [0.15, 0.2) is 58.7 Å². The number of aryl methyl sites for hydroxylation is 1. The predicted molar refractivity (Wildman–Crippen MR) is 107 cm³/mol. The molecule has 142 valence electrons. The van der Waals surface area contributed by atoms with Gasteiger partial charge in [0.05, 0.1) is 32.9 Å². The number of carbonyl (C=O) groups is 1. The molecule has 9 nitrogen and oxygen atoms in total. The lowest BCUT2D eigenvalue weighted by Gasteiger charge is -2.08. The average Bonchev–Trinajstić information content (AvgIpc) is 3.50. The minimum Gasteiger partial charge on any atom is -0.335 e. The molecular weight excluding hydrogens is 390 g/mol. The van der Waals surface area contributed by atoms with E-state index in [1.165, 1.54) is 11.0 Å². The van der Waals surface area contributed by atoms with Crippen molar-refractivity contribution in [1.29, 1.82) is 0 Å². The number of pyridine rings is 1.